The maximum Gasteiger partial charge on any atom is 0.338 e. The fourth-order valence-electron chi connectivity index (χ4n) is 2.75. The first-order chi connectivity index (χ1) is 14.0. The standard InChI is InChI=1S/C19H21N5O5/c20-16(25)12-28-15-4-2-14(3-5-15)18(27)29-13-17(26)23-8-10-24(11-9-23)19-21-6-1-7-22-19/h1-7H,8-13H2,(H2,20,25). The van der Waals surface area contributed by atoms with E-state index in [0.29, 0.717) is 37.9 Å². The van der Waals surface area contributed by atoms with Crippen molar-refractivity contribution in [2.24, 2.45) is 5.73 Å². The zero-order chi connectivity index (χ0) is 20.6. The lowest BCUT2D eigenvalue weighted by Crippen LogP contribution is -2.50. The van der Waals surface area contributed by atoms with E-state index in [9.17, 15) is 14.4 Å². The van der Waals surface area contributed by atoms with Crippen molar-refractivity contribution < 1.29 is 23.9 Å². The molecule has 0 atom stereocenters. The van der Waals surface area contributed by atoms with Crippen molar-refractivity contribution in [1.82, 2.24) is 14.9 Å². The minimum atomic E-state index is -0.615. The average molecular weight is 399 g/mol. The first kappa shape index (κ1) is 20.1. The number of aromatic nitrogens is 2. The van der Waals surface area contributed by atoms with Crippen molar-refractivity contribution in [1.29, 1.82) is 0 Å². The van der Waals surface area contributed by atoms with Crippen molar-refractivity contribution in [3.63, 3.8) is 0 Å². The normalized spacial score (nSPS) is 13.7. The third-order valence-electron chi connectivity index (χ3n) is 4.27. The molecule has 1 aliphatic rings. The number of amides is 2. The van der Waals surface area contributed by atoms with E-state index in [2.05, 4.69) is 9.97 Å². The Balaban J connectivity index is 1.43. The Morgan fingerprint density at radius 1 is 0.966 bits per heavy atom. The topological polar surface area (TPSA) is 128 Å². The largest absolute Gasteiger partial charge is 0.484 e. The van der Waals surface area contributed by atoms with E-state index in [1.807, 2.05) is 4.90 Å². The maximum atomic E-state index is 12.3. The molecule has 0 unspecified atom stereocenters. The molecule has 0 spiro atoms. The van der Waals surface area contributed by atoms with Crippen LogP contribution < -0.4 is 15.4 Å². The third kappa shape index (κ3) is 5.64. The molecule has 0 saturated carbocycles. The Kier molecular flexibility index (Phi) is 6.56. The number of nitrogens with zero attached hydrogens (tertiary/aromatic N) is 4. The number of hydrogen-bond acceptors (Lipinski definition) is 8. The molecule has 2 N–H and O–H groups in total. The second-order valence-corrected chi connectivity index (χ2v) is 6.27. The smallest absolute Gasteiger partial charge is 0.338 e. The SMILES string of the molecule is NC(=O)COc1ccc(C(=O)OCC(=O)N2CCN(c3ncccn3)CC2)cc1. The van der Waals surface area contributed by atoms with Gasteiger partial charge in [0, 0.05) is 38.6 Å². The predicted molar refractivity (Wildman–Crippen MR) is 102 cm³/mol. The van der Waals surface area contributed by atoms with Crippen LogP contribution in [0.3, 0.4) is 0 Å². The van der Waals surface area contributed by atoms with Gasteiger partial charge in [-0.3, -0.25) is 9.59 Å². The van der Waals surface area contributed by atoms with Gasteiger partial charge >= 0.3 is 5.97 Å². The van der Waals surface area contributed by atoms with Gasteiger partial charge in [-0.25, -0.2) is 14.8 Å². The van der Waals surface area contributed by atoms with E-state index < -0.39 is 11.9 Å². The van der Waals surface area contributed by atoms with Crippen molar-refractivity contribution in [2.75, 3.05) is 44.3 Å². The van der Waals surface area contributed by atoms with Gasteiger partial charge in [-0.15, -0.1) is 0 Å². The number of rotatable bonds is 7. The maximum absolute atomic E-state index is 12.3. The average Bonchev–Trinajstić information content (AvgIpc) is 2.77. The molecule has 0 aliphatic carbocycles. The summed E-state index contributed by atoms with van der Waals surface area (Å²) in [4.78, 5) is 47.2. The van der Waals surface area contributed by atoms with Crippen molar-refractivity contribution >= 4 is 23.7 Å². The van der Waals surface area contributed by atoms with Crippen molar-refractivity contribution in [3.8, 4) is 5.75 Å². The molecule has 29 heavy (non-hydrogen) atoms. The number of ether oxygens (including phenoxy) is 2. The number of anilines is 1. The minimum absolute atomic E-state index is 0.248. The van der Waals surface area contributed by atoms with E-state index in [-0.39, 0.29) is 24.7 Å². The van der Waals surface area contributed by atoms with Crippen LogP contribution in [0.5, 0.6) is 5.75 Å². The van der Waals surface area contributed by atoms with Crippen LogP contribution >= 0.6 is 0 Å². The van der Waals surface area contributed by atoms with Gasteiger partial charge in [0.25, 0.3) is 11.8 Å². The summed E-state index contributed by atoms with van der Waals surface area (Å²) in [6.45, 7) is 1.64. The molecule has 1 aromatic heterocycles. The summed E-state index contributed by atoms with van der Waals surface area (Å²) in [5.41, 5.74) is 5.28. The number of benzene rings is 1. The lowest BCUT2D eigenvalue weighted by molar-refractivity contribution is -0.134. The van der Waals surface area contributed by atoms with Crippen molar-refractivity contribution in [2.45, 2.75) is 0 Å². The summed E-state index contributed by atoms with van der Waals surface area (Å²) in [6, 6.07) is 7.77. The number of piperazine rings is 1. The van der Waals surface area contributed by atoms with Gasteiger partial charge in [0.05, 0.1) is 5.56 Å². The molecule has 2 heterocycles. The fourth-order valence-corrected chi connectivity index (χ4v) is 2.75. The first-order valence-corrected chi connectivity index (χ1v) is 9.01. The zero-order valence-corrected chi connectivity index (χ0v) is 15.7. The molecule has 2 amide bonds. The van der Waals surface area contributed by atoms with Crippen LogP contribution in [0.25, 0.3) is 0 Å². The molecule has 2 aromatic rings. The Bertz CT molecular complexity index is 851. The lowest BCUT2D eigenvalue weighted by Gasteiger charge is -2.34. The molecule has 1 fully saturated rings. The zero-order valence-electron chi connectivity index (χ0n) is 15.7. The number of esters is 1. The highest BCUT2D eigenvalue weighted by molar-refractivity contribution is 5.91. The molecule has 1 saturated heterocycles. The van der Waals surface area contributed by atoms with Gasteiger partial charge in [-0.05, 0) is 30.3 Å². The van der Waals surface area contributed by atoms with E-state index in [0.717, 1.165) is 0 Å². The van der Waals surface area contributed by atoms with Crippen LogP contribution in [-0.4, -0.2) is 72.0 Å². The van der Waals surface area contributed by atoms with Gasteiger partial charge < -0.3 is 25.0 Å². The lowest BCUT2D eigenvalue weighted by atomic mass is 10.2. The molecule has 3 rings (SSSR count). The number of primary amides is 1. The molecule has 0 radical (unpaired) electrons. The molecule has 10 heteroatoms. The predicted octanol–water partition coefficient (Wildman–Crippen LogP) is -0.154. The van der Waals surface area contributed by atoms with Crippen LogP contribution in [0.15, 0.2) is 42.7 Å². The monoisotopic (exact) mass is 399 g/mol. The van der Waals surface area contributed by atoms with Gasteiger partial charge in [0.1, 0.15) is 5.75 Å². The summed E-state index contributed by atoms with van der Waals surface area (Å²) in [7, 11) is 0. The van der Waals surface area contributed by atoms with Gasteiger partial charge in [-0.2, -0.15) is 0 Å². The highest BCUT2D eigenvalue weighted by Crippen LogP contribution is 2.13. The Morgan fingerprint density at radius 3 is 2.24 bits per heavy atom. The molecule has 0 bridgehead atoms. The number of hydrogen-bond donors (Lipinski definition) is 1. The minimum Gasteiger partial charge on any atom is -0.484 e. The van der Waals surface area contributed by atoms with E-state index >= 15 is 0 Å². The Morgan fingerprint density at radius 2 is 1.62 bits per heavy atom. The highest BCUT2D eigenvalue weighted by atomic mass is 16.5. The number of carbonyl (C=O) groups excluding carboxylic acids is 3. The highest BCUT2D eigenvalue weighted by Gasteiger charge is 2.23. The van der Waals surface area contributed by atoms with Crippen LogP contribution in [-0.2, 0) is 14.3 Å². The third-order valence-corrected chi connectivity index (χ3v) is 4.27. The molecular weight excluding hydrogens is 378 g/mol. The molecule has 10 nitrogen and oxygen atoms in total. The van der Waals surface area contributed by atoms with Crippen LogP contribution in [0.2, 0.25) is 0 Å². The summed E-state index contributed by atoms with van der Waals surface area (Å²) in [5, 5.41) is 0. The van der Waals surface area contributed by atoms with Crippen LogP contribution in [0.1, 0.15) is 10.4 Å². The van der Waals surface area contributed by atoms with Gasteiger partial charge in [0.15, 0.2) is 13.2 Å². The Labute approximate surface area is 167 Å². The molecule has 152 valence electrons. The molecule has 1 aromatic carbocycles. The molecular formula is C19H21N5O5. The van der Waals surface area contributed by atoms with E-state index in [1.165, 1.54) is 24.3 Å². The van der Waals surface area contributed by atoms with Crippen LogP contribution in [0, 0.1) is 0 Å². The summed E-state index contributed by atoms with van der Waals surface area (Å²) < 4.78 is 10.2. The van der Waals surface area contributed by atoms with Gasteiger partial charge in [-0.1, -0.05) is 0 Å². The van der Waals surface area contributed by atoms with Crippen LogP contribution in [0.4, 0.5) is 5.95 Å². The second-order valence-electron chi connectivity index (χ2n) is 6.27. The van der Waals surface area contributed by atoms with E-state index in [4.69, 9.17) is 15.2 Å². The first-order valence-electron chi connectivity index (χ1n) is 9.01. The Hall–Kier alpha value is -3.69. The van der Waals surface area contributed by atoms with E-state index in [1.54, 1.807) is 23.4 Å². The van der Waals surface area contributed by atoms with Crippen molar-refractivity contribution in [3.05, 3.63) is 48.3 Å². The fraction of sp³-hybridized carbons (Fsp3) is 0.316. The quantitative estimate of drug-likeness (QED) is 0.637. The summed E-state index contributed by atoms with van der Waals surface area (Å²) >= 11 is 0. The molecule has 1 aliphatic heterocycles. The summed E-state index contributed by atoms with van der Waals surface area (Å²) in [5.74, 6) is -0.431. The number of nitrogens with two attached hydrogens (primary N) is 1. The van der Waals surface area contributed by atoms with Gasteiger partial charge in [0.2, 0.25) is 5.95 Å². The summed E-state index contributed by atoms with van der Waals surface area (Å²) in [6.07, 6.45) is 3.35. The number of carbonyl (C=O) groups is 3. The second kappa shape index (κ2) is 9.49.